The van der Waals surface area contributed by atoms with Crippen molar-refractivity contribution >= 4 is 10.0 Å². The number of sulfonamides is 1. The van der Waals surface area contributed by atoms with Gasteiger partial charge in [0.15, 0.2) is 0 Å². The number of rotatable bonds is 9. The van der Waals surface area contributed by atoms with Gasteiger partial charge in [-0.25, -0.2) is 8.42 Å². The Bertz CT molecular complexity index is 509. The van der Waals surface area contributed by atoms with Gasteiger partial charge in [-0.2, -0.15) is 4.31 Å². The third kappa shape index (κ3) is 4.43. The van der Waals surface area contributed by atoms with Crippen LogP contribution in [0.3, 0.4) is 0 Å². The molecule has 5 nitrogen and oxygen atoms in total. The van der Waals surface area contributed by atoms with E-state index in [0.717, 1.165) is 12.8 Å². The predicted molar refractivity (Wildman–Crippen MR) is 83.1 cm³/mol. The van der Waals surface area contributed by atoms with Gasteiger partial charge in [-0.05, 0) is 37.1 Å². The summed E-state index contributed by atoms with van der Waals surface area (Å²) in [7, 11) is -0.395. The third-order valence-corrected chi connectivity index (χ3v) is 5.50. The second kappa shape index (κ2) is 8.36. The van der Waals surface area contributed by atoms with Crippen LogP contribution in [0, 0.1) is 0 Å². The molecule has 0 aliphatic carbocycles. The maximum Gasteiger partial charge on any atom is 0.243 e. The van der Waals surface area contributed by atoms with Crippen molar-refractivity contribution in [2.24, 2.45) is 0 Å². The zero-order valence-electron chi connectivity index (χ0n) is 13.2. The fourth-order valence-corrected chi connectivity index (χ4v) is 4.02. The molecular weight excluding hydrogens is 290 g/mol. The molecule has 0 fully saturated rings. The maximum atomic E-state index is 12.8. The zero-order valence-corrected chi connectivity index (χ0v) is 14.0. The fraction of sp³-hybridized carbons (Fsp3) is 0.600. The van der Waals surface area contributed by atoms with Gasteiger partial charge in [-0.3, -0.25) is 0 Å². The Morgan fingerprint density at radius 2 is 1.67 bits per heavy atom. The number of benzene rings is 1. The zero-order chi connectivity index (χ0) is 15.9. The minimum atomic E-state index is -3.52. The van der Waals surface area contributed by atoms with Gasteiger partial charge in [0.1, 0.15) is 5.75 Å². The molecule has 0 N–H and O–H groups in total. The smallest absolute Gasteiger partial charge is 0.243 e. The van der Waals surface area contributed by atoms with E-state index >= 15 is 0 Å². The van der Waals surface area contributed by atoms with Gasteiger partial charge in [0.25, 0.3) is 0 Å². The van der Waals surface area contributed by atoms with E-state index in [9.17, 15) is 8.42 Å². The number of methoxy groups -OCH3 is 2. The van der Waals surface area contributed by atoms with E-state index in [1.165, 1.54) is 4.31 Å². The molecule has 0 spiro atoms. The summed E-state index contributed by atoms with van der Waals surface area (Å²) in [4.78, 5) is 0.284. The van der Waals surface area contributed by atoms with Crippen molar-refractivity contribution in [2.75, 3.05) is 27.4 Å². The molecule has 0 amide bonds. The highest BCUT2D eigenvalue weighted by molar-refractivity contribution is 7.89. The summed E-state index contributed by atoms with van der Waals surface area (Å²) in [5, 5.41) is 0. The average Bonchev–Trinajstić information content (AvgIpc) is 2.51. The summed E-state index contributed by atoms with van der Waals surface area (Å²) in [6, 6.07) is 6.46. The van der Waals surface area contributed by atoms with E-state index in [2.05, 4.69) is 0 Å². The first-order valence-electron chi connectivity index (χ1n) is 7.16. The molecule has 1 aromatic rings. The van der Waals surface area contributed by atoms with E-state index in [-0.39, 0.29) is 10.9 Å². The summed E-state index contributed by atoms with van der Waals surface area (Å²) in [6.07, 6.45) is 1.55. The van der Waals surface area contributed by atoms with Crippen LogP contribution in [0.1, 0.15) is 26.7 Å². The highest BCUT2D eigenvalue weighted by atomic mass is 32.2. The second-order valence-electron chi connectivity index (χ2n) is 4.75. The van der Waals surface area contributed by atoms with Crippen LogP contribution in [-0.4, -0.2) is 46.1 Å². The Hall–Kier alpha value is -1.11. The van der Waals surface area contributed by atoms with Crippen LogP contribution in [0.25, 0.3) is 0 Å². The highest BCUT2D eigenvalue weighted by Gasteiger charge is 2.29. The molecule has 0 saturated heterocycles. The molecule has 0 aliphatic heterocycles. The van der Waals surface area contributed by atoms with Crippen molar-refractivity contribution in [2.45, 2.75) is 37.6 Å². The summed E-state index contributed by atoms with van der Waals surface area (Å²) < 4.78 is 37.3. The maximum absolute atomic E-state index is 12.8. The van der Waals surface area contributed by atoms with Crippen molar-refractivity contribution in [3.63, 3.8) is 0 Å². The largest absolute Gasteiger partial charge is 0.497 e. The van der Waals surface area contributed by atoms with Crippen LogP contribution in [0.2, 0.25) is 0 Å². The van der Waals surface area contributed by atoms with Gasteiger partial charge in [0.2, 0.25) is 10.0 Å². The Kier molecular flexibility index (Phi) is 7.14. The van der Waals surface area contributed by atoms with Crippen LogP contribution in [0.15, 0.2) is 29.2 Å². The number of ether oxygens (including phenoxy) is 2. The molecule has 21 heavy (non-hydrogen) atoms. The van der Waals surface area contributed by atoms with E-state index in [1.807, 2.05) is 13.8 Å². The third-order valence-electron chi connectivity index (χ3n) is 3.53. The lowest BCUT2D eigenvalue weighted by atomic mass is 10.2. The van der Waals surface area contributed by atoms with E-state index in [0.29, 0.717) is 18.9 Å². The van der Waals surface area contributed by atoms with Gasteiger partial charge < -0.3 is 9.47 Å². The predicted octanol–water partition coefficient (Wildman–Crippen LogP) is 2.52. The Morgan fingerprint density at radius 3 is 2.10 bits per heavy atom. The van der Waals surface area contributed by atoms with Gasteiger partial charge in [-0.1, -0.05) is 13.8 Å². The molecule has 1 aromatic carbocycles. The first-order chi connectivity index (χ1) is 10.0. The average molecular weight is 315 g/mol. The molecule has 0 heterocycles. The molecule has 6 heteroatoms. The van der Waals surface area contributed by atoms with Crippen LogP contribution in [-0.2, 0) is 14.8 Å². The Morgan fingerprint density at radius 1 is 1.10 bits per heavy atom. The summed E-state index contributed by atoms with van der Waals surface area (Å²) >= 11 is 0. The summed E-state index contributed by atoms with van der Waals surface area (Å²) in [5.41, 5.74) is 0. The standard InChI is InChI=1S/C15H25NO4S/c1-5-13(6-2)16(11-12-19-3)21(17,18)15-9-7-14(20-4)8-10-15/h7-10,13H,5-6,11-12H2,1-4H3. The molecule has 1 rings (SSSR count). The van der Waals surface area contributed by atoms with E-state index in [4.69, 9.17) is 9.47 Å². The lowest BCUT2D eigenvalue weighted by molar-refractivity contribution is 0.163. The van der Waals surface area contributed by atoms with Gasteiger partial charge >= 0.3 is 0 Å². The molecule has 0 saturated carbocycles. The minimum Gasteiger partial charge on any atom is -0.497 e. The first kappa shape index (κ1) is 17.9. The van der Waals surface area contributed by atoms with Crippen molar-refractivity contribution in [1.29, 1.82) is 0 Å². The number of nitrogens with zero attached hydrogens (tertiary/aromatic N) is 1. The fourth-order valence-electron chi connectivity index (χ4n) is 2.26. The van der Waals surface area contributed by atoms with Gasteiger partial charge in [0, 0.05) is 19.7 Å². The van der Waals surface area contributed by atoms with Crippen molar-refractivity contribution < 1.29 is 17.9 Å². The van der Waals surface area contributed by atoms with E-state index < -0.39 is 10.0 Å². The summed E-state index contributed by atoms with van der Waals surface area (Å²) in [5.74, 6) is 0.639. The molecule has 0 aromatic heterocycles. The normalized spacial score (nSPS) is 12.1. The molecule has 0 bridgehead atoms. The topological polar surface area (TPSA) is 55.8 Å². The molecular formula is C15H25NO4S. The highest BCUT2D eigenvalue weighted by Crippen LogP contribution is 2.23. The lowest BCUT2D eigenvalue weighted by Gasteiger charge is -2.29. The van der Waals surface area contributed by atoms with Crippen LogP contribution < -0.4 is 4.74 Å². The van der Waals surface area contributed by atoms with Crippen LogP contribution >= 0.6 is 0 Å². The molecule has 0 unspecified atom stereocenters. The Labute approximate surface area is 127 Å². The number of hydrogen-bond acceptors (Lipinski definition) is 4. The molecule has 0 radical (unpaired) electrons. The Balaban J connectivity index is 3.12. The minimum absolute atomic E-state index is 0.0211. The van der Waals surface area contributed by atoms with Crippen LogP contribution in [0.5, 0.6) is 5.75 Å². The molecule has 0 atom stereocenters. The second-order valence-corrected chi connectivity index (χ2v) is 6.64. The van der Waals surface area contributed by atoms with Gasteiger partial charge in [-0.15, -0.1) is 0 Å². The summed E-state index contributed by atoms with van der Waals surface area (Å²) in [6.45, 7) is 4.73. The van der Waals surface area contributed by atoms with Crippen molar-refractivity contribution in [3.05, 3.63) is 24.3 Å². The van der Waals surface area contributed by atoms with E-state index in [1.54, 1.807) is 38.5 Å². The van der Waals surface area contributed by atoms with Crippen LogP contribution in [0.4, 0.5) is 0 Å². The van der Waals surface area contributed by atoms with Crippen molar-refractivity contribution in [3.8, 4) is 5.75 Å². The quantitative estimate of drug-likeness (QED) is 0.702. The number of hydrogen-bond donors (Lipinski definition) is 0. The molecule has 0 aliphatic rings. The SMILES string of the molecule is CCC(CC)N(CCOC)S(=O)(=O)c1ccc(OC)cc1. The monoisotopic (exact) mass is 315 g/mol. The van der Waals surface area contributed by atoms with Crippen molar-refractivity contribution in [1.82, 2.24) is 4.31 Å². The lowest BCUT2D eigenvalue weighted by Crippen LogP contribution is -2.41. The molecule has 120 valence electrons. The van der Waals surface area contributed by atoms with Gasteiger partial charge in [0.05, 0.1) is 18.6 Å². The first-order valence-corrected chi connectivity index (χ1v) is 8.60.